The van der Waals surface area contributed by atoms with Crippen molar-refractivity contribution in [3.05, 3.63) is 141 Å². The molecule has 4 rings (SSSR count). The van der Waals surface area contributed by atoms with E-state index >= 15 is 0 Å². The van der Waals surface area contributed by atoms with Crippen molar-refractivity contribution >= 4 is 17.9 Å². The zero-order valence-electron chi connectivity index (χ0n) is 25.7. The van der Waals surface area contributed by atoms with Gasteiger partial charge in [-0.25, -0.2) is 14.4 Å². The summed E-state index contributed by atoms with van der Waals surface area (Å²) in [6.07, 6.45) is 12.1. The first-order chi connectivity index (χ1) is 21.8. The first-order valence-electron chi connectivity index (χ1n) is 15.9. The molecule has 0 radical (unpaired) electrons. The number of aryl methyl sites for hydroxylation is 6. The molecule has 0 fully saturated rings. The fourth-order valence-corrected chi connectivity index (χ4v) is 5.69. The minimum atomic E-state index is -0.902. The van der Waals surface area contributed by atoms with Gasteiger partial charge in [-0.15, -0.1) is 0 Å². The molecule has 6 nitrogen and oxygen atoms in total. The second kappa shape index (κ2) is 17.0. The fourth-order valence-electron chi connectivity index (χ4n) is 5.69. The second-order valence-electron chi connectivity index (χ2n) is 11.8. The van der Waals surface area contributed by atoms with E-state index in [0.717, 1.165) is 93.7 Å². The number of unbranched alkanes of at least 4 members (excludes halogenated alkanes) is 3. The van der Waals surface area contributed by atoms with Crippen LogP contribution in [0.15, 0.2) is 91.0 Å². The van der Waals surface area contributed by atoms with Gasteiger partial charge in [-0.2, -0.15) is 0 Å². The van der Waals surface area contributed by atoms with Crippen LogP contribution in [0, 0.1) is 0 Å². The van der Waals surface area contributed by atoms with Crippen molar-refractivity contribution in [2.75, 3.05) is 0 Å². The molecule has 0 saturated heterocycles. The quantitative estimate of drug-likeness (QED) is 0.0980. The number of carbonyl (C=O) groups is 3. The van der Waals surface area contributed by atoms with Gasteiger partial charge in [-0.3, -0.25) is 0 Å². The number of benzene rings is 4. The Morgan fingerprint density at radius 2 is 0.533 bits per heavy atom. The van der Waals surface area contributed by atoms with Crippen LogP contribution in [0.5, 0.6) is 0 Å². The average molecular weight is 607 g/mol. The second-order valence-corrected chi connectivity index (χ2v) is 11.8. The number of rotatable bonds is 18. The first-order valence-corrected chi connectivity index (χ1v) is 15.9. The Morgan fingerprint density at radius 1 is 0.333 bits per heavy atom. The van der Waals surface area contributed by atoms with Gasteiger partial charge in [0.25, 0.3) is 0 Å². The maximum Gasteiger partial charge on any atom is 0.335 e. The van der Waals surface area contributed by atoms with Crippen LogP contribution in [-0.2, 0) is 38.5 Å². The van der Waals surface area contributed by atoms with Crippen LogP contribution in [0.2, 0.25) is 0 Å². The minimum absolute atomic E-state index is 0.315. The monoisotopic (exact) mass is 606 g/mol. The number of aromatic carboxylic acids is 3. The molecule has 0 aliphatic carbocycles. The molecule has 0 heterocycles. The van der Waals surface area contributed by atoms with Gasteiger partial charge in [0.05, 0.1) is 16.7 Å². The van der Waals surface area contributed by atoms with Gasteiger partial charge in [0, 0.05) is 0 Å². The van der Waals surface area contributed by atoms with Gasteiger partial charge < -0.3 is 15.3 Å². The molecule has 6 heteroatoms. The topological polar surface area (TPSA) is 112 Å². The van der Waals surface area contributed by atoms with E-state index in [1.807, 2.05) is 36.4 Å². The molecule has 3 N–H and O–H groups in total. The molecule has 0 atom stereocenters. The Hall–Kier alpha value is -4.71. The van der Waals surface area contributed by atoms with Crippen molar-refractivity contribution in [3.8, 4) is 0 Å². The Balaban J connectivity index is 1.30. The third-order valence-corrected chi connectivity index (χ3v) is 8.26. The number of carboxylic acid groups (broad SMARTS) is 3. The average Bonchev–Trinajstić information content (AvgIpc) is 3.04. The highest BCUT2D eigenvalue weighted by molar-refractivity contribution is 5.88. The van der Waals surface area contributed by atoms with Crippen LogP contribution in [-0.4, -0.2) is 33.2 Å². The highest BCUT2D eigenvalue weighted by atomic mass is 16.4. The number of carboxylic acids is 3. The van der Waals surface area contributed by atoms with Gasteiger partial charge in [-0.05, 0) is 147 Å². The third kappa shape index (κ3) is 11.1. The molecule has 0 aliphatic rings. The highest BCUT2D eigenvalue weighted by Crippen LogP contribution is 2.20. The molecule has 4 aromatic carbocycles. The lowest BCUT2D eigenvalue weighted by Crippen LogP contribution is -1.98. The van der Waals surface area contributed by atoms with E-state index in [4.69, 9.17) is 15.3 Å². The molecule has 0 saturated carbocycles. The molecule has 0 spiro atoms. The lowest BCUT2D eigenvalue weighted by Gasteiger charge is -2.11. The summed E-state index contributed by atoms with van der Waals surface area (Å²) >= 11 is 0. The van der Waals surface area contributed by atoms with Gasteiger partial charge in [0.15, 0.2) is 0 Å². The van der Waals surface area contributed by atoms with Crippen molar-refractivity contribution in [1.82, 2.24) is 0 Å². The number of hydrogen-bond acceptors (Lipinski definition) is 3. The van der Waals surface area contributed by atoms with Gasteiger partial charge in [-0.1, -0.05) is 54.6 Å². The summed E-state index contributed by atoms with van der Waals surface area (Å²) < 4.78 is 0. The van der Waals surface area contributed by atoms with E-state index in [2.05, 4.69) is 18.2 Å². The maximum absolute atomic E-state index is 11.1. The summed E-state index contributed by atoms with van der Waals surface area (Å²) in [6.45, 7) is 0. The van der Waals surface area contributed by atoms with Crippen molar-refractivity contribution in [2.24, 2.45) is 0 Å². The Labute approximate surface area is 265 Å². The summed E-state index contributed by atoms with van der Waals surface area (Å²) in [5.74, 6) is -2.71. The van der Waals surface area contributed by atoms with Crippen LogP contribution in [0.3, 0.4) is 0 Å². The molecule has 0 aliphatic heterocycles. The zero-order chi connectivity index (χ0) is 32.0. The Morgan fingerprint density at radius 3 is 0.733 bits per heavy atom. The smallest absolute Gasteiger partial charge is 0.335 e. The van der Waals surface area contributed by atoms with Crippen LogP contribution in [0.1, 0.15) is 103 Å². The minimum Gasteiger partial charge on any atom is -0.478 e. The summed E-state index contributed by atoms with van der Waals surface area (Å²) in [5, 5.41) is 27.4. The molecule has 0 aromatic heterocycles. The van der Waals surface area contributed by atoms with E-state index in [9.17, 15) is 14.4 Å². The highest BCUT2D eigenvalue weighted by Gasteiger charge is 2.07. The normalized spacial score (nSPS) is 10.9. The predicted molar refractivity (Wildman–Crippen MR) is 177 cm³/mol. The van der Waals surface area contributed by atoms with E-state index in [1.165, 1.54) is 16.7 Å². The molecule has 45 heavy (non-hydrogen) atoms. The lowest BCUT2D eigenvalue weighted by atomic mass is 9.94. The van der Waals surface area contributed by atoms with Gasteiger partial charge >= 0.3 is 17.9 Å². The molecule has 234 valence electrons. The lowest BCUT2D eigenvalue weighted by molar-refractivity contribution is 0.0686. The van der Waals surface area contributed by atoms with E-state index in [-0.39, 0.29) is 0 Å². The zero-order valence-corrected chi connectivity index (χ0v) is 25.7. The standard InChI is InChI=1S/C39H42O6/c40-37(41)34-19-13-28(14-20-34)7-1-4-10-31-25-32(11-5-2-8-29-15-21-35(22-16-29)38(42)43)27-33(26-31)12-6-3-9-30-17-23-36(24-18-30)39(44)45/h13-27H,1-12H2,(H,40,41)(H,42,43)(H,44,45). The molecule has 0 amide bonds. The van der Waals surface area contributed by atoms with E-state index in [0.29, 0.717) is 16.7 Å². The fraction of sp³-hybridized carbons (Fsp3) is 0.308. The molecule has 0 unspecified atom stereocenters. The van der Waals surface area contributed by atoms with Crippen molar-refractivity contribution in [3.63, 3.8) is 0 Å². The van der Waals surface area contributed by atoms with Gasteiger partial charge in [0.2, 0.25) is 0 Å². The predicted octanol–water partition coefficient (Wildman–Crippen LogP) is 8.48. The maximum atomic E-state index is 11.1. The molecular weight excluding hydrogens is 564 g/mol. The molecule has 4 aromatic rings. The summed E-state index contributed by atoms with van der Waals surface area (Å²) in [4.78, 5) is 33.3. The van der Waals surface area contributed by atoms with Crippen LogP contribution in [0.4, 0.5) is 0 Å². The SMILES string of the molecule is O=C(O)c1ccc(CCCCc2cc(CCCCc3ccc(C(=O)O)cc3)cc(CCCCc3ccc(C(=O)O)cc3)c2)cc1. The van der Waals surface area contributed by atoms with Crippen LogP contribution >= 0.6 is 0 Å². The summed E-state index contributed by atoms with van der Waals surface area (Å²) in [7, 11) is 0. The van der Waals surface area contributed by atoms with Crippen LogP contribution in [0.25, 0.3) is 0 Å². The Kier molecular flexibility index (Phi) is 12.5. The summed E-state index contributed by atoms with van der Waals surface area (Å²) in [5.41, 5.74) is 8.49. The van der Waals surface area contributed by atoms with Gasteiger partial charge in [0.1, 0.15) is 0 Å². The summed E-state index contributed by atoms with van der Waals surface area (Å²) in [6, 6.07) is 28.5. The Bertz CT molecular complexity index is 1350. The van der Waals surface area contributed by atoms with Crippen molar-refractivity contribution < 1.29 is 29.7 Å². The van der Waals surface area contributed by atoms with Crippen LogP contribution < -0.4 is 0 Å². The van der Waals surface area contributed by atoms with E-state index < -0.39 is 17.9 Å². The first kappa shape index (κ1) is 33.2. The van der Waals surface area contributed by atoms with Crippen molar-refractivity contribution in [2.45, 2.75) is 77.0 Å². The van der Waals surface area contributed by atoms with Crippen molar-refractivity contribution in [1.29, 1.82) is 0 Å². The van der Waals surface area contributed by atoms with E-state index in [1.54, 1.807) is 36.4 Å². The third-order valence-electron chi connectivity index (χ3n) is 8.26. The number of hydrogen-bond donors (Lipinski definition) is 3. The molecule has 0 bridgehead atoms. The largest absolute Gasteiger partial charge is 0.478 e. The molecular formula is C39H42O6.